The highest BCUT2D eigenvalue weighted by Crippen LogP contribution is 2.33. The molecule has 2 rings (SSSR count). The maximum absolute atomic E-state index is 10.5. The fraction of sp³-hybridized carbons (Fsp3) is 0.750. The zero-order valence-electron chi connectivity index (χ0n) is 10.4. The van der Waals surface area contributed by atoms with Crippen LogP contribution < -0.4 is 0 Å². The highest BCUT2D eigenvalue weighted by Gasteiger charge is 2.34. The molecule has 1 N–H and O–H groups in total. The molecule has 96 valence electrons. The Balaban J connectivity index is 2.27. The fourth-order valence-electron chi connectivity index (χ4n) is 2.23. The van der Waals surface area contributed by atoms with Gasteiger partial charge in [-0.15, -0.1) is 0 Å². The van der Waals surface area contributed by atoms with E-state index in [9.17, 15) is 5.11 Å². The number of nitrogens with zero attached hydrogens (tertiary/aromatic N) is 2. The van der Waals surface area contributed by atoms with E-state index in [-0.39, 0.29) is 0 Å². The van der Waals surface area contributed by atoms with Crippen LogP contribution in [0.1, 0.15) is 31.7 Å². The lowest BCUT2D eigenvalue weighted by Gasteiger charge is -2.21. The lowest BCUT2D eigenvalue weighted by atomic mass is 9.97. The van der Waals surface area contributed by atoms with Crippen LogP contribution in [0.4, 0.5) is 0 Å². The van der Waals surface area contributed by atoms with Crippen molar-refractivity contribution in [3.63, 3.8) is 0 Å². The number of hydrogen-bond acceptors (Lipinski definition) is 3. The Morgan fingerprint density at radius 1 is 1.53 bits per heavy atom. The van der Waals surface area contributed by atoms with Gasteiger partial charge in [0.1, 0.15) is 0 Å². The standard InChI is InChI=1S/C12H19ClN2OS/c1-3-9-11(13)10(15(4-2)14-9)7-12(16)5-6-17-8-12/h16H,3-8H2,1-2H3. The summed E-state index contributed by atoms with van der Waals surface area (Å²) in [6.07, 6.45) is 2.32. The van der Waals surface area contributed by atoms with Crippen LogP contribution in [0.15, 0.2) is 0 Å². The Bertz CT molecular complexity index is 399. The lowest BCUT2D eigenvalue weighted by molar-refractivity contribution is 0.0664. The minimum Gasteiger partial charge on any atom is -0.389 e. The van der Waals surface area contributed by atoms with Gasteiger partial charge in [0.2, 0.25) is 0 Å². The molecule has 0 amide bonds. The Kier molecular flexibility index (Phi) is 4.06. The molecule has 0 spiro atoms. The Labute approximate surface area is 112 Å². The van der Waals surface area contributed by atoms with Gasteiger partial charge in [-0.3, -0.25) is 4.68 Å². The molecule has 1 saturated heterocycles. The van der Waals surface area contributed by atoms with Gasteiger partial charge in [-0.05, 0) is 25.5 Å². The van der Waals surface area contributed by atoms with E-state index < -0.39 is 5.60 Å². The third kappa shape index (κ3) is 2.64. The summed E-state index contributed by atoms with van der Waals surface area (Å²) in [6.45, 7) is 4.91. The molecule has 1 fully saturated rings. The van der Waals surface area contributed by atoms with Crippen molar-refractivity contribution in [3.8, 4) is 0 Å². The molecule has 0 saturated carbocycles. The lowest BCUT2D eigenvalue weighted by Crippen LogP contribution is -2.32. The number of hydrogen-bond donors (Lipinski definition) is 1. The molecule has 1 aromatic rings. The molecule has 1 atom stereocenters. The molecular weight excluding hydrogens is 256 g/mol. The molecule has 0 aromatic carbocycles. The SMILES string of the molecule is CCc1nn(CC)c(CC2(O)CCSC2)c1Cl. The summed E-state index contributed by atoms with van der Waals surface area (Å²) >= 11 is 8.16. The maximum Gasteiger partial charge on any atom is 0.0850 e. The van der Waals surface area contributed by atoms with Crippen molar-refractivity contribution in [2.45, 2.75) is 45.3 Å². The first kappa shape index (κ1) is 13.2. The first-order valence-electron chi connectivity index (χ1n) is 6.14. The summed E-state index contributed by atoms with van der Waals surface area (Å²) in [4.78, 5) is 0. The van der Waals surface area contributed by atoms with Crippen molar-refractivity contribution in [2.24, 2.45) is 0 Å². The third-order valence-corrected chi connectivity index (χ3v) is 4.94. The van der Waals surface area contributed by atoms with Gasteiger partial charge in [0.05, 0.1) is 22.0 Å². The minimum absolute atomic E-state index is 0.591. The van der Waals surface area contributed by atoms with Crippen LogP contribution >= 0.6 is 23.4 Å². The molecule has 0 bridgehead atoms. The van der Waals surface area contributed by atoms with Gasteiger partial charge < -0.3 is 5.11 Å². The third-order valence-electron chi connectivity index (χ3n) is 3.27. The summed E-state index contributed by atoms with van der Waals surface area (Å²) in [7, 11) is 0. The van der Waals surface area contributed by atoms with Crippen LogP contribution in [0, 0.1) is 0 Å². The molecule has 0 aliphatic carbocycles. The molecule has 1 unspecified atom stereocenters. The van der Waals surface area contributed by atoms with Crippen molar-refractivity contribution in [3.05, 3.63) is 16.4 Å². The maximum atomic E-state index is 10.5. The Morgan fingerprint density at radius 2 is 2.29 bits per heavy atom. The summed E-state index contributed by atoms with van der Waals surface area (Å²) in [5.41, 5.74) is 1.35. The van der Waals surface area contributed by atoms with Gasteiger partial charge >= 0.3 is 0 Å². The van der Waals surface area contributed by atoms with E-state index >= 15 is 0 Å². The average molecular weight is 275 g/mol. The largest absolute Gasteiger partial charge is 0.389 e. The highest BCUT2D eigenvalue weighted by molar-refractivity contribution is 7.99. The van der Waals surface area contributed by atoms with E-state index in [1.165, 1.54) is 0 Å². The summed E-state index contributed by atoms with van der Waals surface area (Å²) < 4.78 is 1.93. The quantitative estimate of drug-likeness (QED) is 0.917. The first-order chi connectivity index (χ1) is 8.09. The Morgan fingerprint density at radius 3 is 2.82 bits per heavy atom. The van der Waals surface area contributed by atoms with Gasteiger partial charge in [-0.1, -0.05) is 18.5 Å². The van der Waals surface area contributed by atoms with Crippen LogP contribution in [0.5, 0.6) is 0 Å². The van der Waals surface area contributed by atoms with Gasteiger partial charge in [-0.2, -0.15) is 16.9 Å². The number of rotatable bonds is 4. The van der Waals surface area contributed by atoms with Crippen LogP contribution in [0.3, 0.4) is 0 Å². The van der Waals surface area contributed by atoms with Crippen molar-refractivity contribution in [2.75, 3.05) is 11.5 Å². The molecule has 5 heteroatoms. The van der Waals surface area contributed by atoms with Gasteiger partial charge in [-0.25, -0.2) is 0 Å². The second-order valence-corrected chi connectivity index (χ2v) is 6.06. The fourth-order valence-corrected chi connectivity index (χ4v) is 3.86. The molecule has 17 heavy (non-hydrogen) atoms. The molecular formula is C12H19ClN2OS. The molecule has 3 nitrogen and oxygen atoms in total. The summed E-state index contributed by atoms with van der Waals surface area (Å²) in [6, 6.07) is 0. The van der Waals surface area contributed by atoms with E-state index in [0.29, 0.717) is 6.42 Å². The monoisotopic (exact) mass is 274 g/mol. The first-order valence-corrected chi connectivity index (χ1v) is 7.67. The summed E-state index contributed by atoms with van der Waals surface area (Å²) in [5.74, 6) is 1.84. The van der Waals surface area contributed by atoms with E-state index in [4.69, 9.17) is 11.6 Å². The average Bonchev–Trinajstić information content (AvgIpc) is 2.86. The summed E-state index contributed by atoms with van der Waals surface area (Å²) in [5, 5.41) is 15.7. The molecule has 2 heterocycles. The topological polar surface area (TPSA) is 38.0 Å². The second kappa shape index (κ2) is 5.21. The highest BCUT2D eigenvalue weighted by atomic mass is 35.5. The van der Waals surface area contributed by atoms with Crippen LogP contribution in [0.2, 0.25) is 5.02 Å². The number of aliphatic hydroxyl groups is 1. The second-order valence-electron chi connectivity index (χ2n) is 4.58. The number of aryl methyl sites for hydroxylation is 2. The predicted octanol–water partition coefficient (Wildman–Crippen LogP) is 2.53. The number of thioether (sulfide) groups is 1. The van der Waals surface area contributed by atoms with E-state index in [1.54, 1.807) is 0 Å². The smallest absolute Gasteiger partial charge is 0.0850 e. The van der Waals surface area contributed by atoms with Crippen LogP contribution in [-0.2, 0) is 19.4 Å². The van der Waals surface area contributed by atoms with Crippen molar-refractivity contribution in [1.82, 2.24) is 9.78 Å². The van der Waals surface area contributed by atoms with Crippen LogP contribution in [0.25, 0.3) is 0 Å². The predicted molar refractivity (Wildman–Crippen MR) is 72.9 cm³/mol. The normalized spacial score (nSPS) is 24.5. The van der Waals surface area contributed by atoms with E-state index in [1.807, 2.05) is 16.4 Å². The van der Waals surface area contributed by atoms with Gasteiger partial charge in [0, 0.05) is 18.7 Å². The van der Waals surface area contributed by atoms with E-state index in [0.717, 1.165) is 47.3 Å². The molecule has 1 aliphatic rings. The van der Waals surface area contributed by atoms with Crippen molar-refractivity contribution >= 4 is 23.4 Å². The molecule has 1 aliphatic heterocycles. The van der Waals surface area contributed by atoms with Gasteiger partial charge in [0.15, 0.2) is 0 Å². The van der Waals surface area contributed by atoms with Crippen molar-refractivity contribution < 1.29 is 5.11 Å². The molecule has 1 aromatic heterocycles. The van der Waals surface area contributed by atoms with Gasteiger partial charge in [0.25, 0.3) is 0 Å². The van der Waals surface area contributed by atoms with E-state index in [2.05, 4.69) is 18.9 Å². The minimum atomic E-state index is -0.591. The molecule has 0 radical (unpaired) electrons. The van der Waals surface area contributed by atoms with Crippen LogP contribution in [-0.4, -0.2) is 32.0 Å². The van der Waals surface area contributed by atoms with Crippen molar-refractivity contribution in [1.29, 1.82) is 0 Å². The zero-order chi connectivity index (χ0) is 12.5. The zero-order valence-corrected chi connectivity index (χ0v) is 11.9. The number of halogens is 1. The Hall–Kier alpha value is -0.190. The number of aromatic nitrogens is 2.